The predicted octanol–water partition coefficient (Wildman–Crippen LogP) is 4.88. The maximum absolute atomic E-state index is 12.3. The standard InChI is InChI=1S/C18H20BrN3OS.ClH/c1-18(2,3)14-9-4-11(10-15(14)19)16(23)22-17(24)21-13-7-5-12(20)6-8-13;/h4-10H,20H2,1-3H3,(H2,21,22,23,24);1H. The monoisotopic (exact) mass is 441 g/mol. The molecule has 1 amide bonds. The van der Waals surface area contributed by atoms with Crippen LogP contribution < -0.4 is 16.4 Å². The van der Waals surface area contributed by atoms with Crippen molar-refractivity contribution in [2.24, 2.45) is 0 Å². The zero-order valence-electron chi connectivity index (χ0n) is 14.2. The van der Waals surface area contributed by atoms with Crippen LogP contribution in [0.25, 0.3) is 0 Å². The number of rotatable bonds is 2. The molecule has 0 heterocycles. The Bertz CT molecular complexity index is 773. The van der Waals surface area contributed by atoms with E-state index in [0.717, 1.165) is 15.7 Å². The molecule has 4 N–H and O–H groups in total. The van der Waals surface area contributed by atoms with Gasteiger partial charge in [0, 0.05) is 21.4 Å². The highest BCUT2D eigenvalue weighted by Crippen LogP contribution is 2.30. The number of nitrogens with two attached hydrogens (primary N) is 1. The molecule has 25 heavy (non-hydrogen) atoms. The highest BCUT2D eigenvalue weighted by atomic mass is 79.9. The molecule has 0 unspecified atom stereocenters. The number of hydrogen-bond acceptors (Lipinski definition) is 3. The lowest BCUT2D eigenvalue weighted by atomic mass is 9.86. The van der Waals surface area contributed by atoms with Crippen LogP contribution in [0.2, 0.25) is 0 Å². The third-order valence-electron chi connectivity index (χ3n) is 3.43. The number of amides is 1. The van der Waals surface area contributed by atoms with Gasteiger partial charge in [-0.1, -0.05) is 42.8 Å². The van der Waals surface area contributed by atoms with Crippen molar-refractivity contribution in [2.45, 2.75) is 26.2 Å². The first-order chi connectivity index (χ1) is 11.2. The van der Waals surface area contributed by atoms with E-state index in [0.29, 0.717) is 11.3 Å². The second kappa shape index (κ2) is 8.65. The van der Waals surface area contributed by atoms with E-state index < -0.39 is 0 Å². The first-order valence-corrected chi connectivity index (χ1v) is 8.65. The fourth-order valence-electron chi connectivity index (χ4n) is 2.17. The van der Waals surface area contributed by atoms with Gasteiger partial charge in [-0.05, 0) is 59.6 Å². The summed E-state index contributed by atoms with van der Waals surface area (Å²) in [5.74, 6) is -0.260. The number of anilines is 2. The summed E-state index contributed by atoms with van der Waals surface area (Å²) in [5, 5.41) is 5.86. The number of hydrogen-bond donors (Lipinski definition) is 3. The first-order valence-electron chi connectivity index (χ1n) is 7.45. The molecule has 0 atom stereocenters. The fourth-order valence-corrected chi connectivity index (χ4v) is 3.35. The molecule has 0 radical (unpaired) electrons. The quantitative estimate of drug-likeness (QED) is 0.458. The number of carbonyl (C=O) groups is 1. The highest BCUT2D eigenvalue weighted by Gasteiger charge is 2.18. The molecule has 2 rings (SSSR count). The Hall–Kier alpha value is -1.63. The second-order valence-corrected chi connectivity index (χ2v) is 7.74. The van der Waals surface area contributed by atoms with Gasteiger partial charge >= 0.3 is 0 Å². The van der Waals surface area contributed by atoms with Gasteiger partial charge in [0.1, 0.15) is 0 Å². The van der Waals surface area contributed by atoms with E-state index in [1.165, 1.54) is 0 Å². The Morgan fingerprint density at radius 2 is 1.72 bits per heavy atom. The average molecular weight is 443 g/mol. The van der Waals surface area contributed by atoms with Crippen LogP contribution in [0.3, 0.4) is 0 Å². The molecule has 0 spiro atoms. The summed E-state index contributed by atoms with van der Waals surface area (Å²) in [6, 6.07) is 12.7. The molecular weight excluding hydrogens is 422 g/mol. The Morgan fingerprint density at radius 3 is 2.24 bits per heavy atom. The number of halogens is 2. The van der Waals surface area contributed by atoms with Crippen molar-refractivity contribution in [3.63, 3.8) is 0 Å². The van der Waals surface area contributed by atoms with Crippen molar-refractivity contribution < 1.29 is 4.79 Å². The van der Waals surface area contributed by atoms with Crippen LogP contribution in [0.1, 0.15) is 36.7 Å². The lowest BCUT2D eigenvalue weighted by molar-refractivity contribution is 0.0977. The molecule has 0 bridgehead atoms. The third-order valence-corrected chi connectivity index (χ3v) is 4.30. The zero-order chi connectivity index (χ0) is 17.9. The summed E-state index contributed by atoms with van der Waals surface area (Å²) in [6.45, 7) is 6.37. The third kappa shape index (κ3) is 5.99. The van der Waals surface area contributed by atoms with Gasteiger partial charge in [-0.2, -0.15) is 0 Å². The topological polar surface area (TPSA) is 67.2 Å². The van der Waals surface area contributed by atoms with E-state index >= 15 is 0 Å². The largest absolute Gasteiger partial charge is 0.399 e. The fraction of sp³-hybridized carbons (Fsp3) is 0.222. The molecule has 0 aromatic heterocycles. The Kier molecular flexibility index (Phi) is 7.41. The van der Waals surface area contributed by atoms with E-state index in [1.807, 2.05) is 12.1 Å². The number of thiocarbonyl (C=S) groups is 1. The first kappa shape index (κ1) is 21.4. The number of carbonyl (C=O) groups excluding carboxylic acids is 1. The van der Waals surface area contributed by atoms with Crippen molar-refractivity contribution in [1.82, 2.24) is 5.32 Å². The zero-order valence-corrected chi connectivity index (χ0v) is 17.4. The van der Waals surface area contributed by atoms with Gasteiger partial charge in [0.25, 0.3) is 5.91 Å². The van der Waals surface area contributed by atoms with Crippen LogP contribution in [0, 0.1) is 0 Å². The molecule has 7 heteroatoms. The van der Waals surface area contributed by atoms with Gasteiger partial charge in [-0.15, -0.1) is 12.4 Å². The maximum Gasteiger partial charge on any atom is 0.257 e. The number of nitrogen functional groups attached to an aromatic ring is 1. The summed E-state index contributed by atoms with van der Waals surface area (Å²) in [7, 11) is 0. The van der Waals surface area contributed by atoms with E-state index in [2.05, 4.69) is 47.3 Å². The molecule has 0 fully saturated rings. The van der Waals surface area contributed by atoms with Gasteiger partial charge in [0.2, 0.25) is 0 Å². The van der Waals surface area contributed by atoms with Crippen LogP contribution >= 0.6 is 40.6 Å². The summed E-state index contributed by atoms with van der Waals surface area (Å²) < 4.78 is 0.903. The van der Waals surface area contributed by atoms with Gasteiger partial charge in [0.05, 0.1) is 0 Å². The SMILES string of the molecule is CC(C)(C)c1ccc(C(=O)NC(=S)Nc2ccc(N)cc2)cc1Br.Cl. The second-order valence-electron chi connectivity index (χ2n) is 6.47. The average Bonchev–Trinajstić information content (AvgIpc) is 2.48. The van der Waals surface area contributed by atoms with Crippen LogP contribution in [-0.4, -0.2) is 11.0 Å². The van der Waals surface area contributed by atoms with Crippen LogP contribution in [0.15, 0.2) is 46.9 Å². The minimum absolute atomic E-state index is 0. The highest BCUT2D eigenvalue weighted by molar-refractivity contribution is 9.10. The summed E-state index contributed by atoms with van der Waals surface area (Å²) in [4.78, 5) is 12.3. The van der Waals surface area contributed by atoms with E-state index in [4.69, 9.17) is 18.0 Å². The lowest BCUT2D eigenvalue weighted by Gasteiger charge is -2.21. The Labute approximate surface area is 168 Å². The Balaban J connectivity index is 0.00000312. The molecule has 2 aromatic rings. The number of nitrogens with one attached hydrogen (secondary N) is 2. The molecule has 0 aliphatic heterocycles. The molecular formula is C18H21BrClN3OS. The van der Waals surface area contributed by atoms with Gasteiger partial charge < -0.3 is 11.1 Å². The minimum Gasteiger partial charge on any atom is -0.399 e. The van der Waals surface area contributed by atoms with Crippen LogP contribution in [0.5, 0.6) is 0 Å². The lowest BCUT2D eigenvalue weighted by Crippen LogP contribution is -2.34. The molecule has 0 aliphatic carbocycles. The van der Waals surface area contributed by atoms with Crippen LogP contribution in [0.4, 0.5) is 11.4 Å². The van der Waals surface area contributed by atoms with Gasteiger partial charge in [0.15, 0.2) is 5.11 Å². The summed E-state index contributed by atoms with van der Waals surface area (Å²) in [6.07, 6.45) is 0. The van der Waals surface area contributed by atoms with Gasteiger partial charge in [-0.25, -0.2) is 0 Å². The predicted molar refractivity (Wildman–Crippen MR) is 115 cm³/mol. The van der Waals surface area contributed by atoms with Crippen molar-refractivity contribution in [2.75, 3.05) is 11.1 Å². The van der Waals surface area contributed by atoms with Crippen molar-refractivity contribution in [3.05, 3.63) is 58.1 Å². The van der Waals surface area contributed by atoms with Crippen molar-refractivity contribution >= 4 is 62.9 Å². The molecule has 134 valence electrons. The van der Waals surface area contributed by atoms with Crippen molar-refractivity contribution in [3.8, 4) is 0 Å². The van der Waals surface area contributed by atoms with Crippen LogP contribution in [-0.2, 0) is 5.41 Å². The normalized spacial score (nSPS) is 10.6. The maximum atomic E-state index is 12.3. The summed E-state index contributed by atoms with van der Waals surface area (Å²) in [5.41, 5.74) is 8.74. The Morgan fingerprint density at radius 1 is 1.12 bits per heavy atom. The molecule has 0 aliphatic rings. The molecule has 0 saturated carbocycles. The summed E-state index contributed by atoms with van der Waals surface area (Å²) >= 11 is 8.71. The molecule has 2 aromatic carbocycles. The molecule has 4 nitrogen and oxygen atoms in total. The molecule has 0 saturated heterocycles. The smallest absolute Gasteiger partial charge is 0.257 e. The minimum atomic E-state index is -0.260. The van der Waals surface area contributed by atoms with E-state index in [1.54, 1.807) is 30.3 Å². The van der Waals surface area contributed by atoms with E-state index in [-0.39, 0.29) is 28.8 Å². The number of benzene rings is 2. The van der Waals surface area contributed by atoms with E-state index in [9.17, 15) is 4.79 Å². The van der Waals surface area contributed by atoms with Gasteiger partial charge in [-0.3, -0.25) is 10.1 Å². The van der Waals surface area contributed by atoms with Crippen molar-refractivity contribution in [1.29, 1.82) is 0 Å².